The van der Waals surface area contributed by atoms with Gasteiger partial charge in [-0.25, -0.2) is 0 Å². The second-order valence-corrected chi connectivity index (χ2v) is 4.79. The maximum atomic E-state index is 9.86. The van der Waals surface area contributed by atoms with E-state index >= 15 is 0 Å². The summed E-state index contributed by atoms with van der Waals surface area (Å²) in [5.41, 5.74) is 2.14. The molecule has 1 atom stereocenters. The summed E-state index contributed by atoms with van der Waals surface area (Å²) >= 11 is 3.42. The molecule has 2 rings (SSSR count). The van der Waals surface area contributed by atoms with Crippen molar-refractivity contribution in [1.29, 1.82) is 0 Å². The van der Waals surface area contributed by atoms with Gasteiger partial charge in [0.15, 0.2) is 0 Å². The Morgan fingerprint density at radius 3 is 2.94 bits per heavy atom. The lowest BCUT2D eigenvalue weighted by Crippen LogP contribution is -2.12. The standard InChI is InChI=1S/C13H14BrNO2/c1-9-4-5-10(14)7-11(9)15-8-12(16)13-3-2-6-17-13/h2-7,12,15-16H,8H2,1H3. The van der Waals surface area contributed by atoms with Crippen molar-refractivity contribution in [1.82, 2.24) is 0 Å². The van der Waals surface area contributed by atoms with E-state index in [1.807, 2.05) is 25.1 Å². The third-order valence-corrected chi connectivity index (χ3v) is 3.05. The first-order valence-corrected chi connectivity index (χ1v) is 6.17. The minimum Gasteiger partial charge on any atom is -0.467 e. The highest BCUT2D eigenvalue weighted by molar-refractivity contribution is 9.10. The molecule has 0 fully saturated rings. The number of hydrogen-bond donors (Lipinski definition) is 2. The summed E-state index contributed by atoms with van der Waals surface area (Å²) in [6, 6.07) is 9.53. The number of aliphatic hydroxyl groups excluding tert-OH is 1. The van der Waals surface area contributed by atoms with E-state index in [-0.39, 0.29) is 0 Å². The van der Waals surface area contributed by atoms with E-state index in [4.69, 9.17) is 4.42 Å². The molecule has 0 radical (unpaired) electrons. The molecule has 17 heavy (non-hydrogen) atoms. The number of hydrogen-bond acceptors (Lipinski definition) is 3. The Hall–Kier alpha value is -1.26. The van der Waals surface area contributed by atoms with Crippen LogP contribution in [0.15, 0.2) is 45.5 Å². The van der Waals surface area contributed by atoms with E-state index in [1.54, 1.807) is 18.4 Å². The Labute approximate surface area is 109 Å². The van der Waals surface area contributed by atoms with Gasteiger partial charge in [0.25, 0.3) is 0 Å². The number of furan rings is 1. The van der Waals surface area contributed by atoms with Gasteiger partial charge in [-0.05, 0) is 36.8 Å². The Balaban J connectivity index is 2.00. The number of rotatable bonds is 4. The Morgan fingerprint density at radius 2 is 2.24 bits per heavy atom. The third-order valence-electron chi connectivity index (χ3n) is 2.56. The van der Waals surface area contributed by atoms with E-state index in [0.29, 0.717) is 12.3 Å². The van der Waals surface area contributed by atoms with Gasteiger partial charge in [-0.15, -0.1) is 0 Å². The van der Waals surface area contributed by atoms with Crippen LogP contribution in [0.5, 0.6) is 0 Å². The van der Waals surface area contributed by atoms with Crippen LogP contribution in [0.3, 0.4) is 0 Å². The van der Waals surface area contributed by atoms with Crippen molar-refractivity contribution in [2.45, 2.75) is 13.0 Å². The molecular weight excluding hydrogens is 282 g/mol. The van der Waals surface area contributed by atoms with Crippen molar-refractivity contribution in [3.8, 4) is 0 Å². The zero-order valence-corrected chi connectivity index (χ0v) is 11.1. The molecule has 1 heterocycles. The molecule has 0 aliphatic carbocycles. The maximum absolute atomic E-state index is 9.86. The Morgan fingerprint density at radius 1 is 1.41 bits per heavy atom. The normalized spacial score (nSPS) is 12.4. The minimum absolute atomic E-state index is 0.421. The van der Waals surface area contributed by atoms with Gasteiger partial charge in [0.2, 0.25) is 0 Å². The van der Waals surface area contributed by atoms with Crippen LogP contribution in [-0.2, 0) is 0 Å². The topological polar surface area (TPSA) is 45.4 Å². The van der Waals surface area contributed by atoms with Crippen LogP contribution in [0.1, 0.15) is 17.4 Å². The highest BCUT2D eigenvalue weighted by atomic mass is 79.9. The zero-order valence-electron chi connectivity index (χ0n) is 9.48. The third kappa shape index (κ3) is 3.11. The molecule has 90 valence electrons. The molecule has 0 aliphatic rings. The second-order valence-electron chi connectivity index (χ2n) is 3.87. The molecule has 2 N–H and O–H groups in total. The fourth-order valence-electron chi connectivity index (χ4n) is 1.57. The molecule has 0 saturated carbocycles. The summed E-state index contributed by atoms with van der Waals surface area (Å²) in [4.78, 5) is 0. The number of nitrogens with one attached hydrogen (secondary N) is 1. The highest BCUT2D eigenvalue weighted by Crippen LogP contribution is 2.22. The quantitative estimate of drug-likeness (QED) is 0.907. The fraction of sp³-hybridized carbons (Fsp3) is 0.231. The van der Waals surface area contributed by atoms with Crippen molar-refractivity contribution in [3.05, 3.63) is 52.4 Å². The predicted molar refractivity (Wildman–Crippen MR) is 71.0 cm³/mol. The van der Waals surface area contributed by atoms with Gasteiger partial charge in [0, 0.05) is 16.7 Å². The molecule has 0 spiro atoms. The van der Waals surface area contributed by atoms with Crippen LogP contribution in [0.2, 0.25) is 0 Å². The van der Waals surface area contributed by atoms with Gasteiger partial charge in [0.05, 0.1) is 6.26 Å². The largest absolute Gasteiger partial charge is 0.467 e. The lowest BCUT2D eigenvalue weighted by Gasteiger charge is -2.13. The molecule has 4 heteroatoms. The number of aliphatic hydroxyl groups is 1. The van der Waals surface area contributed by atoms with E-state index in [2.05, 4.69) is 21.2 Å². The minimum atomic E-state index is -0.636. The van der Waals surface area contributed by atoms with Crippen molar-refractivity contribution in [2.24, 2.45) is 0 Å². The lowest BCUT2D eigenvalue weighted by molar-refractivity contribution is 0.162. The number of halogens is 1. The second kappa shape index (κ2) is 5.38. The average Bonchev–Trinajstić information content (AvgIpc) is 2.83. The molecule has 0 bridgehead atoms. The predicted octanol–water partition coefficient (Wildman–Crippen LogP) is 3.50. The summed E-state index contributed by atoms with van der Waals surface area (Å²) in [6.07, 6.45) is 0.923. The van der Waals surface area contributed by atoms with Crippen molar-refractivity contribution >= 4 is 21.6 Å². The van der Waals surface area contributed by atoms with Crippen LogP contribution in [0, 0.1) is 6.92 Å². The first-order chi connectivity index (χ1) is 8.16. The van der Waals surface area contributed by atoms with Gasteiger partial charge in [0.1, 0.15) is 11.9 Å². The van der Waals surface area contributed by atoms with E-state index in [1.165, 1.54) is 0 Å². The Bertz CT molecular complexity index is 482. The van der Waals surface area contributed by atoms with Crippen LogP contribution >= 0.6 is 15.9 Å². The van der Waals surface area contributed by atoms with E-state index in [9.17, 15) is 5.11 Å². The first-order valence-electron chi connectivity index (χ1n) is 5.38. The molecule has 2 aromatic rings. The number of benzene rings is 1. The first kappa shape index (κ1) is 12.2. The van der Waals surface area contributed by atoms with Gasteiger partial charge < -0.3 is 14.8 Å². The van der Waals surface area contributed by atoms with E-state index in [0.717, 1.165) is 15.7 Å². The monoisotopic (exact) mass is 295 g/mol. The molecular formula is C13H14BrNO2. The molecule has 1 aromatic carbocycles. The summed E-state index contributed by atoms with van der Waals surface area (Å²) in [6.45, 7) is 2.44. The van der Waals surface area contributed by atoms with Gasteiger partial charge in [-0.3, -0.25) is 0 Å². The molecule has 0 saturated heterocycles. The molecule has 0 aliphatic heterocycles. The van der Waals surface area contributed by atoms with Crippen LogP contribution in [0.4, 0.5) is 5.69 Å². The maximum Gasteiger partial charge on any atom is 0.134 e. The fourth-order valence-corrected chi connectivity index (χ4v) is 1.93. The molecule has 1 aromatic heterocycles. The van der Waals surface area contributed by atoms with Gasteiger partial charge >= 0.3 is 0 Å². The van der Waals surface area contributed by atoms with Gasteiger partial charge in [-0.1, -0.05) is 22.0 Å². The van der Waals surface area contributed by atoms with Crippen LogP contribution in [0.25, 0.3) is 0 Å². The SMILES string of the molecule is Cc1ccc(Br)cc1NCC(O)c1ccco1. The summed E-state index contributed by atoms with van der Waals surface area (Å²) in [5, 5.41) is 13.1. The van der Waals surface area contributed by atoms with Crippen molar-refractivity contribution < 1.29 is 9.52 Å². The molecule has 3 nitrogen and oxygen atoms in total. The number of aryl methyl sites for hydroxylation is 1. The highest BCUT2D eigenvalue weighted by Gasteiger charge is 2.10. The van der Waals surface area contributed by atoms with Crippen molar-refractivity contribution in [3.63, 3.8) is 0 Å². The smallest absolute Gasteiger partial charge is 0.134 e. The van der Waals surface area contributed by atoms with Crippen molar-refractivity contribution in [2.75, 3.05) is 11.9 Å². The summed E-state index contributed by atoms with van der Waals surface area (Å²) < 4.78 is 6.15. The van der Waals surface area contributed by atoms with Crippen LogP contribution in [-0.4, -0.2) is 11.7 Å². The lowest BCUT2D eigenvalue weighted by atomic mass is 10.2. The number of anilines is 1. The summed E-state index contributed by atoms with van der Waals surface area (Å²) in [7, 11) is 0. The zero-order chi connectivity index (χ0) is 12.3. The summed E-state index contributed by atoms with van der Waals surface area (Å²) in [5.74, 6) is 0.574. The average molecular weight is 296 g/mol. The van der Waals surface area contributed by atoms with Gasteiger partial charge in [-0.2, -0.15) is 0 Å². The molecule has 0 amide bonds. The Kier molecular flexibility index (Phi) is 3.86. The van der Waals surface area contributed by atoms with Crippen LogP contribution < -0.4 is 5.32 Å². The van der Waals surface area contributed by atoms with E-state index < -0.39 is 6.10 Å². The molecule has 1 unspecified atom stereocenters.